The van der Waals surface area contributed by atoms with Gasteiger partial charge < -0.3 is 9.84 Å². The van der Waals surface area contributed by atoms with Crippen LogP contribution in [0, 0.1) is 5.41 Å². The van der Waals surface area contributed by atoms with E-state index in [1.54, 1.807) is 0 Å². The number of hydrogen-bond acceptors (Lipinski definition) is 4. The number of aliphatic hydroxyl groups excluding tert-OH is 1. The number of rotatable bonds is 6. The van der Waals surface area contributed by atoms with Crippen LogP contribution in [0.1, 0.15) is 18.5 Å². The summed E-state index contributed by atoms with van der Waals surface area (Å²) in [5.74, 6) is 0. The lowest BCUT2D eigenvalue weighted by Gasteiger charge is -2.43. The molecular weight excluding hydrogens is 288 g/mol. The second kappa shape index (κ2) is 6.79. The van der Waals surface area contributed by atoms with Crippen LogP contribution in [0.15, 0.2) is 48.8 Å². The van der Waals surface area contributed by atoms with Crippen molar-refractivity contribution in [2.45, 2.75) is 13.0 Å². The molecular formula is C19H24N2O2. The van der Waals surface area contributed by atoms with Gasteiger partial charge in [0.15, 0.2) is 0 Å². The molecule has 2 aromatic rings. The van der Waals surface area contributed by atoms with E-state index in [0.29, 0.717) is 13.2 Å². The zero-order valence-electron chi connectivity index (χ0n) is 13.8. The van der Waals surface area contributed by atoms with Gasteiger partial charge in [-0.2, -0.15) is 0 Å². The molecule has 0 radical (unpaired) electrons. The average Bonchev–Trinajstić information content (AvgIpc) is 2.58. The van der Waals surface area contributed by atoms with Crippen LogP contribution in [0.2, 0.25) is 0 Å². The smallest absolute Gasteiger partial charge is 0.0579 e. The van der Waals surface area contributed by atoms with Crippen LogP contribution in [0.25, 0.3) is 11.1 Å². The van der Waals surface area contributed by atoms with Gasteiger partial charge in [-0.1, -0.05) is 18.2 Å². The number of aromatic nitrogens is 1. The van der Waals surface area contributed by atoms with Crippen molar-refractivity contribution in [3.8, 4) is 11.1 Å². The summed E-state index contributed by atoms with van der Waals surface area (Å²) in [6.45, 7) is 4.52. The quantitative estimate of drug-likeness (QED) is 0.891. The van der Waals surface area contributed by atoms with E-state index in [1.807, 2.05) is 24.5 Å². The maximum atomic E-state index is 9.62. The zero-order chi connectivity index (χ0) is 16.3. The van der Waals surface area contributed by atoms with E-state index in [1.165, 1.54) is 16.7 Å². The van der Waals surface area contributed by atoms with E-state index in [-0.39, 0.29) is 18.1 Å². The minimum atomic E-state index is -0.0915. The lowest BCUT2D eigenvalue weighted by atomic mass is 9.86. The molecule has 1 fully saturated rings. The van der Waals surface area contributed by atoms with Crippen LogP contribution in [-0.2, 0) is 4.74 Å². The first-order chi connectivity index (χ1) is 11.1. The van der Waals surface area contributed by atoms with Crippen molar-refractivity contribution >= 4 is 0 Å². The fourth-order valence-corrected chi connectivity index (χ4v) is 3.07. The molecule has 0 aliphatic carbocycles. The van der Waals surface area contributed by atoms with Crippen molar-refractivity contribution in [2.75, 3.05) is 33.4 Å². The Morgan fingerprint density at radius 3 is 2.57 bits per heavy atom. The first-order valence-corrected chi connectivity index (χ1v) is 8.03. The number of nitrogens with zero attached hydrogens (tertiary/aromatic N) is 2. The van der Waals surface area contributed by atoms with Crippen molar-refractivity contribution < 1.29 is 9.84 Å². The molecule has 0 bridgehead atoms. The lowest BCUT2D eigenvalue weighted by Crippen LogP contribution is -2.52. The van der Waals surface area contributed by atoms with Crippen LogP contribution in [0.4, 0.5) is 0 Å². The molecule has 1 saturated heterocycles. The third-order valence-corrected chi connectivity index (χ3v) is 4.78. The molecule has 0 amide bonds. The maximum absolute atomic E-state index is 9.62. The van der Waals surface area contributed by atoms with Gasteiger partial charge in [0.05, 0.1) is 25.2 Å². The summed E-state index contributed by atoms with van der Waals surface area (Å²) >= 11 is 0. The highest BCUT2D eigenvalue weighted by molar-refractivity contribution is 5.63. The van der Waals surface area contributed by atoms with Crippen molar-refractivity contribution in [3.05, 3.63) is 54.4 Å². The molecule has 1 aromatic carbocycles. The highest BCUT2D eigenvalue weighted by Gasteiger charge is 2.39. The monoisotopic (exact) mass is 312 g/mol. The minimum Gasteiger partial charge on any atom is -0.396 e. The number of hydrogen-bond donors (Lipinski definition) is 1. The van der Waals surface area contributed by atoms with E-state index < -0.39 is 0 Å². The Hall–Kier alpha value is -1.75. The Balaban J connectivity index is 1.75. The standard InChI is InChI=1S/C19H24N2O2/c1-15(21(2)11-19(12-22)13-23-14-19)17-4-3-5-18(10-17)16-6-8-20-9-7-16/h3-10,15,22H,11-14H2,1-2H3. The summed E-state index contributed by atoms with van der Waals surface area (Å²) in [5, 5.41) is 9.62. The Morgan fingerprint density at radius 2 is 1.96 bits per heavy atom. The Labute approximate surface area is 137 Å². The normalized spacial score (nSPS) is 17.7. The SMILES string of the molecule is CC(c1cccc(-c2ccncc2)c1)N(C)CC1(CO)COC1. The van der Waals surface area contributed by atoms with E-state index in [0.717, 1.165) is 6.54 Å². The molecule has 0 saturated carbocycles. The second-order valence-corrected chi connectivity index (χ2v) is 6.60. The average molecular weight is 312 g/mol. The Morgan fingerprint density at radius 1 is 1.22 bits per heavy atom. The number of ether oxygens (including phenoxy) is 1. The molecule has 4 heteroatoms. The number of aliphatic hydroxyl groups is 1. The van der Waals surface area contributed by atoms with E-state index >= 15 is 0 Å². The Kier molecular flexibility index (Phi) is 4.76. The van der Waals surface area contributed by atoms with Crippen LogP contribution in [0.3, 0.4) is 0 Å². The van der Waals surface area contributed by atoms with Gasteiger partial charge >= 0.3 is 0 Å². The molecule has 4 nitrogen and oxygen atoms in total. The first kappa shape index (κ1) is 16.1. The van der Waals surface area contributed by atoms with Crippen molar-refractivity contribution in [1.82, 2.24) is 9.88 Å². The molecule has 1 atom stereocenters. The summed E-state index contributed by atoms with van der Waals surface area (Å²) in [4.78, 5) is 6.37. The third-order valence-electron chi connectivity index (χ3n) is 4.78. The number of benzene rings is 1. The van der Waals surface area contributed by atoms with Gasteiger partial charge in [0.25, 0.3) is 0 Å². The van der Waals surface area contributed by atoms with Gasteiger partial charge in [0.2, 0.25) is 0 Å². The van der Waals surface area contributed by atoms with E-state index in [9.17, 15) is 5.11 Å². The first-order valence-electron chi connectivity index (χ1n) is 8.03. The van der Waals surface area contributed by atoms with Gasteiger partial charge in [-0.25, -0.2) is 0 Å². The van der Waals surface area contributed by atoms with Gasteiger partial charge in [-0.3, -0.25) is 9.88 Å². The topological polar surface area (TPSA) is 45.6 Å². The predicted octanol–water partition coefficient (Wildman–Crippen LogP) is 2.75. The van der Waals surface area contributed by atoms with Crippen molar-refractivity contribution in [2.24, 2.45) is 5.41 Å². The summed E-state index contributed by atoms with van der Waals surface area (Å²) in [6.07, 6.45) is 3.64. The molecule has 1 unspecified atom stereocenters. The molecule has 122 valence electrons. The summed E-state index contributed by atoms with van der Waals surface area (Å²) in [7, 11) is 2.11. The fourth-order valence-electron chi connectivity index (χ4n) is 3.07. The summed E-state index contributed by atoms with van der Waals surface area (Å²) in [6, 6.07) is 13.0. The van der Waals surface area contributed by atoms with Crippen LogP contribution >= 0.6 is 0 Å². The van der Waals surface area contributed by atoms with Crippen molar-refractivity contribution in [1.29, 1.82) is 0 Å². The Bertz CT molecular complexity index is 635. The molecule has 1 aromatic heterocycles. The van der Waals surface area contributed by atoms with Crippen LogP contribution in [-0.4, -0.2) is 48.4 Å². The molecule has 1 aliphatic heterocycles. The van der Waals surface area contributed by atoms with Crippen LogP contribution in [0.5, 0.6) is 0 Å². The van der Waals surface area contributed by atoms with E-state index in [4.69, 9.17) is 4.74 Å². The predicted molar refractivity (Wildman–Crippen MR) is 91.1 cm³/mol. The lowest BCUT2D eigenvalue weighted by molar-refractivity contribution is -0.149. The highest BCUT2D eigenvalue weighted by atomic mass is 16.5. The summed E-state index contributed by atoms with van der Waals surface area (Å²) in [5.41, 5.74) is 3.56. The molecule has 3 rings (SSSR count). The molecule has 1 aliphatic rings. The second-order valence-electron chi connectivity index (χ2n) is 6.60. The van der Waals surface area contributed by atoms with Gasteiger partial charge in [-0.05, 0) is 48.9 Å². The largest absolute Gasteiger partial charge is 0.396 e. The molecule has 1 N–H and O–H groups in total. The van der Waals surface area contributed by atoms with Crippen LogP contribution < -0.4 is 0 Å². The molecule has 0 spiro atoms. The van der Waals surface area contributed by atoms with E-state index in [2.05, 4.69) is 48.1 Å². The third kappa shape index (κ3) is 3.44. The molecule has 2 heterocycles. The zero-order valence-corrected chi connectivity index (χ0v) is 13.8. The summed E-state index contributed by atoms with van der Waals surface area (Å²) < 4.78 is 5.30. The number of pyridine rings is 1. The molecule has 23 heavy (non-hydrogen) atoms. The highest BCUT2D eigenvalue weighted by Crippen LogP contribution is 2.31. The fraction of sp³-hybridized carbons (Fsp3) is 0.421. The maximum Gasteiger partial charge on any atom is 0.0579 e. The minimum absolute atomic E-state index is 0.0915. The van der Waals surface area contributed by atoms with Crippen molar-refractivity contribution in [3.63, 3.8) is 0 Å². The van der Waals surface area contributed by atoms with Gasteiger partial charge in [0.1, 0.15) is 0 Å². The van der Waals surface area contributed by atoms with Gasteiger partial charge in [0, 0.05) is 25.0 Å². The van der Waals surface area contributed by atoms with Gasteiger partial charge in [-0.15, -0.1) is 0 Å².